The van der Waals surface area contributed by atoms with E-state index >= 15 is 0 Å². The van der Waals surface area contributed by atoms with Crippen LogP contribution in [-0.2, 0) is 4.74 Å². The first-order chi connectivity index (χ1) is 9.01. The molecule has 2 rings (SSSR count). The zero-order chi connectivity index (χ0) is 14.0. The first-order valence-corrected chi connectivity index (χ1v) is 7.40. The third kappa shape index (κ3) is 3.37. The number of nitrogens with zero attached hydrogens (tertiary/aromatic N) is 1. The highest BCUT2D eigenvalue weighted by atomic mass is 79.9. The zero-order valence-electron chi connectivity index (χ0n) is 11.6. The summed E-state index contributed by atoms with van der Waals surface area (Å²) in [7, 11) is 1.72. The Hall–Kier alpha value is -0.870. The minimum atomic E-state index is 0.0957. The highest BCUT2D eigenvalue weighted by Gasteiger charge is 2.29. The maximum absolute atomic E-state index is 12.5. The lowest BCUT2D eigenvalue weighted by molar-refractivity contribution is -0.00157. The lowest BCUT2D eigenvalue weighted by Gasteiger charge is -2.36. The van der Waals surface area contributed by atoms with Gasteiger partial charge in [-0.15, -0.1) is 0 Å². The largest absolute Gasteiger partial charge is 0.379 e. The van der Waals surface area contributed by atoms with E-state index in [9.17, 15) is 4.79 Å². The molecule has 19 heavy (non-hydrogen) atoms. The number of hydrogen-bond donors (Lipinski definition) is 0. The van der Waals surface area contributed by atoms with E-state index in [0.29, 0.717) is 12.5 Å². The Labute approximate surface area is 123 Å². The monoisotopic (exact) mass is 325 g/mol. The summed E-state index contributed by atoms with van der Waals surface area (Å²) in [5.74, 6) is 0.608. The number of aryl methyl sites for hydroxylation is 1. The molecule has 0 aromatic heterocycles. The summed E-state index contributed by atoms with van der Waals surface area (Å²) < 4.78 is 6.41. The van der Waals surface area contributed by atoms with Gasteiger partial charge in [-0.3, -0.25) is 4.79 Å². The van der Waals surface area contributed by atoms with Crippen LogP contribution in [0.1, 0.15) is 29.3 Å². The third-order valence-corrected chi connectivity index (χ3v) is 4.23. The van der Waals surface area contributed by atoms with Crippen LogP contribution in [0.2, 0.25) is 0 Å². The molecule has 4 heteroatoms. The van der Waals surface area contributed by atoms with Crippen LogP contribution in [0.3, 0.4) is 0 Å². The Morgan fingerprint density at radius 1 is 1.42 bits per heavy atom. The molecule has 1 amide bonds. The van der Waals surface area contributed by atoms with Crippen molar-refractivity contribution in [1.29, 1.82) is 0 Å². The van der Waals surface area contributed by atoms with Gasteiger partial charge in [-0.25, -0.2) is 0 Å². The van der Waals surface area contributed by atoms with E-state index in [1.54, 1.807) is 7.11 Å². The number of hydrogen-bond acceptors (Lipinski definition) is 2. The Balaban J connectivity index is 2.15. The molecule has 1 saturated heterocycles. The van der Waals surface area contributed by atoms with Gasteiger partial charge in [0.2, 0.25) is 0 Å². The van der Waals surface area contributed by atoms with Crippen LogP contribution in [0.25, 0.3) is 0 Å². The van der Waals surface area contributed by atoms with Crippen LogP contribution in [0, 0.1) is 12.8 Å². The SMILES string of the molecule is COC1CN(C(=O)c2cc(C)cc(Br)c2)CCC1C. The molecule has 1 aliphatic heterocycles. The zero-order valence-corrected chi connectivity index (χ0v) is 13.2. The molecule has 0 bridgehead atoms. The summed E-state index contributed by atoms with van der Waals surface area (Å²) >= 11 is 3.44. The van der Waals surface area contributed by atoms with Crippen LogP contribution in [0.15, 0.2) is 22.7 Å². The summed E-state index contributed by atoms with van der Waals surface area (Å²) in [5.41, 5.74) is 1.84. The molecule has 0 saturated carbocycles. The van der Waals surface area contributed by atoms with E-state index in [-0.39, 0.29) is 12.0 Å². The summed E-state index contributed by atoms with van der Waals surface area (Å²) in [6.07, 6.45) is 1.14. The molecule has 2 atom stereocenters. The first kappa shape index (κ1) is 14.5. The Morgan fingerprint density at radius 3 is 2.79 bits per heavy atom. The molecule has 104 valence electrons. The number of piperidine rings is 1. The minimum absolute atomic E-state index is 0.0957. The van der Waals surface area contributed by atoms with E-state index in [4.69, 9.17) is 4.74 Å². The standard InChI is InChI=1S/C15H20BrNO2/c1-10-6-12(8-13(16)7-10)15(18)17-5-4-11(2)14(9-17)19-3/h6-8,11,14H,4-5,9H2,1-3H3. The molecule has 0 N–H and O–H groups in total. The van der Waals surface area contributed by atoms with Crippen molar-refractivity contribution in [3.8, 4) is 0 Å². The van der Waals surface area contributed by atoms with Crippen LogP contribution < -0.4 is 0 Å². The van der Waals surface area contributed by atoms with Crippen molar-refractivity contribution < 1.29 is 9.53 Å². The van der Waals surface area contributed by atoms with Gasteiger partial charge in [0.25, 0.3) is 5.91 Å². The fraction of sp³-hybridized carbons (Fsp3) is 0.533. The molecule has 1 fully saturated rings. The molecule has 1 aromatic carbocycles. The highest BCUT2D eigenvalue weighted by molar-refractivity contribution is 9.10. The Morgan fingerprint density at radius 2 is 2.16 bits per heavy atom. The van der Waals surface area contributed by atoms with E-state index < -0.39 is 0 Å². The predicted octanol–water partition coefficient (Wildman–Crippen LogP) is 3.25. The number of methoxy groups -OCH3 is 1. The second kappa shape index (κ2) is 6.06. The molecule has 1 aromatic rings. The summed E-state index contributed by atoms with van der Waals surface area (Å²) in [4.78, 5) is 14.4. The van der Waals surface area contributed by atoms with Crippen molar-refractivity contribution in [2.45, 2.75) is 26.4 Å². The van der Waals surface area contributed by atoms with Crippen molar-refractivity contribution in [2.75, 3.05) is 20.2 Å². The topological polar surface area (TPSA) is 29.5 Å². The molecule has 0 aliphatic carbocycles. The minimum Gasteiger partial charge on any atom is -0.379 e. The molecule has 1 aliphatic rings. The van der Waals surface area contributed by atoms with Crippen molar-refractivity contribution in [3.63, 3.8) is 0 Å². The second-order valence-electron chi connectivity index (χ2n) is 5.31. The predicted molar refractivity (Wildman–Crippen MR) is 79.4 cm³/mol. The fourth-order valence-electron chi connectivity index (χ4n) is 2.57. The number of ether oxygens (including phenoxy) is 1. The van der Waals surface area contributed by atoms with Gasteiger partial charge in [-0.2, -0.15) is 0 Å². The average molecular weight is 326 g/mol. The van der Waals surface area contributed by atoms with Crippen LogP contribution in [0.5, 0.6) is 0 Å². The molecule has 0 radical (unpaired) electrons. The van der Waals surface area contributed by atoms with Crippen molar-refractivity contribution in [1.82, 2.24) is 4.90 Å². The number of rotatable bonds is 2. The van der Waals surface area contributed by atoms with E-state index in [2.05, 4.69) is 22.9 Å². The molecule has 0 spiro atoms. The number of amides is 1. The average Bonchev–Trinajstić information content (AvgIpc) is 2.37. The van der Waals surface area contributed by atoms with Gasteiger partial charge in [-0.1, -0.05) is 22.9 Å². The van der Waals surface area contributed by atoms with Gasteiger partial charge in [0.15, 0.2) is 0 Å². The van der Waals surface area contributed by atoms with E-state index in [1.165, 1.54) is 0 Å². The van der Waals surface area contributed by atoms with Crippen LogP contribution in [0.4, 0.5) is 0 Å². The normalized spacial score (nSPS) is 23.5. The maximum atomic E-state index is 12.5. The molecule has 3 nitrogen and oxygen atoms in total. The van der Waals surface area contributed by atoms with Crippen LogP contribution >= 0.6 is 15.9 Å². The molecular weight excluding hydrogens is 306 g/mol. The van der Waals surface area contributed by atoms with Gasteiger partial charge in [0, 0.05) is 30.2 Å². The third-order valence-electron chi connectivity index (χ3n) is 3.77. The van der Waals surface area contributed by atoms with Gasteiger partial charge < -0.3 is 9.64 Å². The number of likely N-dealkylation sites (tertiary alicyclic amines) is 1. The van der Waals surface area contributed by atoms with Gasteiger partial charge >= 0.3 is 0 Å². The molecular formula is C15H20BrNO2. The number of carbonyl (C=O) groups is 1. The maximum Gasteiger partial charge on any atom is 0.253 e. The Bertz CT molecular complexity index is 455. The van der Waals surface area contributed by atoms with E-state index in [0.717, 1.165) is 28.6 Å². The van der Waals surface area contributed by atoms with Crippen LogP contribution in [-0.4, -0.2) is 37.1 Å². The smallest absolute Gasteiger partial charge is 0.253 e. The number of carbonyl (C=O) groups excluding carboxylic acids is 1. The highest BCUT2D eigenvalue weighted by Crippen LogP contribution is 2.22. The quantitative estimate of drug-likeness (QED) is 0.835. The fourth-order valence-corrected chi connectivity index (χ4v) is 3.18. The van der Waals surface area contributed by atoms with Crippen molar-refractivity contribution in [3.05, 3.63) is 33.8 Å². The van der Waals surface area contributed by atoms with Gasteiger partial charge in [0.1, 0.15) is 0 Å². The lowest BCUT2D eigenvalue weighted by atomic mass is 9.95. The van der Waals surface area contributed by atoms with Gasteiger partial charge in [-0.05, 0) is 43.0 Å². The van der Waals surface area contributed by atoms with Crippen molar-refractivity contribution in [2.24, 2.45) is 5.92 Å². The summed E-state index contributed by atoms with van der Waals surface area (Å²) in [6, 6.07) is 5.83. The van der Waals surface area contributed by atoms with E-state index in [1.807, 2.05) is 30.0 Å². The molecule has 1 heterocycles. The van der Waals surface area contributed by atoms with Crippen molar-refractivity contribution >= 4 is 21.8 Å². The number of halogens is 1. The lowest BCUT2D eigenvalue weighted by Crippen LogP contribution is -2.46. The Kier molecular flexibility index (Phi) is 4.63. The summed E-state index contributed by atoms with van der Waals surface area (Å²) in [5, 5.41) is 0. The van der Waals surface area contributed by atoms with Gasteiger partial charge in [0.05, 0.1) is 6.10 Å². The first-order valence-electron chi connectivity index (χ1n) is 6.60. The molecule has 2 unspecified atom stereocenters. The number of benzene rings is 1. The second-order valence-corrected chi connectivity index (χ2v) is 6.22. The summed E-state index contributed by atoms with van der Waals surface area (Å²) in [6.45, 7) is 5.67.